The number of nitrogens with zero attached hydrogens (tertiary/aromatic N) is 1. The molecule has 0 aliphatic rings. The highest BCUT2D eigenvalue weighted by Gasteiger charge is 2.18. The Kier molecular flexibility index (Phi) is 7.39. The zero-order chi connectivity index (χ0) is 24.9. The van der Waals surface area contributed by atoms with E-state index in [0.717, 1.165) is 0 Å². The van der Waals surface area contributed by atoms with Crippen molar-refractivity contribution in [3.8, 4) is 22.8 Å². The van der Waals surface area contributed by atoms with E-state index in [9.17, 15) is 9.59 Å². The van der Waals surface area contributed by atoms with Crippen molar-refractivity contribution in [2.24, 2.45) is 0 Å². The molecule has 0 aliphatic heterocycles. The number of anilines is 1. The molecule has 7 nitrogen and oxygen atoms in total. The Morgan fingerprint density at radius 1 is 0.943 bits per heavy atom. The molecule has 0 aliphatic carbocycles. The Bertz CT molecular complexity index is 1420. The van der Waals surface area contributed by atoms with E-state index in [4.69, 9.17) is 37.4 Å². The third-order valence-corrected chi connectivity index (χ3v) is 5.71. The van der Waals surface area contributed by atoms with Crippen molar-refractivity contribution >= 4 is 51.7 Å². The molecular weight excluding hydrogens is 491 g/mol. The number of aromatic nitrogens is 1. The van der Waals surface area contributed by atoms with E-state index >= 15 is 0 Å². The predicted octanol–water partition coefficient (Wildman–Crippen LogP) is 6.02. The summed E-state index contributed by atoms with van der Waals surface area (Å²) in [5, 5.41) is 4.13. The normalized spacial score (nSPS) is 10.6. The molecule has 1 aromatic heterocycles. The number of amides is 1. The lowest BCUT2D eigenvalue weighted by molar-refractivity contribution is -0.119. The molecule has 178 valence electrons. The van der Waals surface area contributed by atoms with Crippen molar-refractivity contribution < 1.29 is 23.8 Å². The maximum absolute atomic E-state index is 13.0. The van der Waals surface area contributed by atoms with Crippen LogP contribution in [0.5, 0.6) is 11.5 Å². The summed E-state index contributed by atoms with van der Waals surface area (Å²) in [5.74, 6) is -0.239. The fourth-order valence-corrected chi connectivity index (χ4v) is 3.99. The molecule has 0 fully saturated rings. The van der Waals surface area contributed by atoms with Crippen LogP contribution < -0.4 is 14.8 Å². The highest BCUT2D eigenvalue weighted by Crippen LogP contribution is 2.32. The summed E-state index contributed by atoms with van der Waals surface area (Å²) in [6, 6.07) is 18.7. The average molecular weight is 511 g/mol. The number of hydrogen-bond acceptors (Lipinski definition) is 6. The summed E-state index contributed by atoms with van der Waals surface area (Å²) in [7, 11) is 3.00. The summed E-state index contributed by atoms with van der Waals surface area (Å²) in [5.41, 5.74) is 2.31. The third kappa shape index (κ3) is 5.48. The monoisotopic (exact) mass is 510 g/mol. The minimum atomic E-state index is -0.678. The summed E-state index contributed by atoms with van der Waals surface area (Å²) in [6.45, 7) is -0.507. The summed E-state index contributed by atoms with van der Waals surface area (Å²) in [6.07, 6.45) is 0. The van der Waals surface area contributed by atoms with Gasteiger partial charge in [0.1, 0.15) is 11.5 Å². The lowest BCUT2D eigenvalue weighted by Crippen LogP contribution is -2.21. The first kappa shape index (κ1) is 24.3. The molecule has 35 heavy (non-hydrogen) atoms. The van der Waals surface area contributed by atoms with Crippen molar-refractivity contribution in [1.82, 2.24) is 4.98 Å². The van der Waals surface area contributed by atoms with Crippen LogP contribution in [0.15, 0.2) is 66.7 Å². The molecule has 1 amide bonds. The number of pyridine rings is 1. The summed E-state index contributed by atoms with van der Waals surface area (Å²) >= 11 is 12.4. The predicted molar refractivity (Wildman–Crippen MR) is 136 cm³/mol. The standard InChI is InChI=1S/C26H20Cl2N2O5/c1-33-16-8-10-24(34-2)23(12-16)30-25(31)14-35-26(32)19-13-22(18-9-7-15(27)11-20(18)28)29-21-6-4-3-5-17(19)21/h3-13H,14H2,1-2H3,(H,30,31). The van der Waals surface area contributed by atoms with Gasteiger partial charge in [0.2, 0.25) is 0 Å². The first-order chi connectivity index (χ1) is 16.9. The van der Waals surface area contributed by atoms with E-state index in [2.05, 4.69) is 10.3 Å². The first-order valence-corrected chi connectivity index (χ1v) is 11.2. The number of benzene rings is 3. The van der Waals surface area contributed by atoms with Crippen LogP contribution in [-0.2, 0) is 9.53 Å². The Balaban J connectivity index is 1.58. The van der Waals surface area contributed by atoms with Crippen LogP contribution in [0.1, 0.15) is 10.4 Å². The summed E-state index contributed by atoms with van der Waals surface area (Å²) in [4.78, 5) is 30.2. The first-order valence-electron chi connectivity index (χ1n) is 10.4. The van der Waals surface area contributed by atoms with E-state index in [1.807, 2.05) is 6.07 Å². The van der Waals surface area contributed by atoms with Crippen LogP contribution in [0.3, 0.4) is 0 Å². The van der Waals surface area contributed by atoms with Gasteiger partial charge in [-0.1, -0.05) is 41.4 Å². The van der Waals surface area contributed by atoms with Gasteiger partial charge >= 0.3 is 5.97 Å². The van der Waals surface area contributed by atoms with Crippen LogP contribution >= 0.6 is 23.2 Å². The second-order valence-electron chi connectivity index (χ2n) is 7.39. The number of para-hydroxylation sites is 1. The molecule has 9 heteroatoms. The quantitative estimate of drug-likeness (QED) is 0.306. The second-order valence-corrected chi connectivity index (χ2v) is 8.23. The lowest BCUT2D eigenvalue weighted by atomic mass is 10.0. The van der Waals surface area contributed by atoms with Crippen molar-refractivity contribution in [2.45, 2.75) is 0 Å². The molecule has 1 N–H and O–H groups in total. The third-order valence-electron chi connectivity index (χ3n) is 5.16. The Morgan fingerprint density at radius 3 is 2.49 bits per heavy atom. The van der Waals surface area contributed by atoms with Crippen LogP contribution in [0.4, 0.5) is 5.69 Å². The number of carbonyl (C=O) groups is 2. The molecule has 0 bridgehead atoms. The molecule has 1 heterocycles. The molecule has 0 saturated heterocycles. The number of hydrogen-bond donors (Lipinski definition) is 1. The number of nitrogens with one attached hydrogen (secondary N) is 1. The number of esters is 1. The largest absolute Gasteiger partial charge is 0.497 e. The molecule has 0 unspecified atom stereocenters. The molecule has 0 radical (unpaired) electrons. The van der Waals surface area contributed by atoms with E-state index < -0.39 is 18.5 Å². The maximum atomic E-state index is 13.0. The zero-order valence-corrected chi connectivity index (χ0v) is 20.3. The lowest BCUT2D eigenvalue weighted by Gasteiger charge is -2.13. The van der Waals surface area contributed by atoms with Crippen LogP contribution in [-0.4, -0.2) is 37.7 Å². The Morgan fingerprint density at radius 2 is 1.74 bits per heavy atom. The molecule has 0 spiro atoms. The van der Waals surface area contributed by atoms with Gasteiger partial charge in [0, 0.05) is 22.0 Å². The van der Waals surface area contributed by atoms with Gasteiger partial charge in [-0.05, 0) is 42.5 Å². The highest BCUT2D eigenvalue weighted by molar-refractivity contribution is 6.36. The molecule has 3 aromatic carbocycles. The number of ether oxygens (including phenoxy) is 3. The SMILES string of the molecule is COc1ccc(OC)c(NC(=O)COC(=O)c2cc(-c3ccc(Cl)cc3Cl)nc3ccccc23)c1. The fourth-order valence-electron chi connectivity index (χ4n) is 3.49. The van der Waals surface area contributed by atoms with Gasteiger partial charge in [0.05, 0.1) is 41.7 Å². The van der Waals surface area contributed by atoms with Crippen molar-refractivity contribution in [2.75, 3.05) is 26.1 Å². The minimum absolute atomic E-state index is 0.253. The van der Waals surface area contributed by atoms with E-state index in [-0.39, 0.29) is 5.56 Å². The smallest absolute Gasteiger partial charge is 0.339 e. The second kappa shape index (κ2) is 10.6. The Labute approximate surface area is 211 Å². The van der Waals surface area contributed by atoms with Gasteiger partial charge in [-0.2, -0.15) is 0 Å². The van der Waals surface area contributed by atoms with Gasteiger partial charge in [-0.25, -0.2) is 9.78 Å². The van der Waals surface area contributed by atoms with Crippen LogP contribution in [0.25, 0.3) is 22.2 Å². The van der Waals surface area contributed by atoms with E-state index in [0.29, 0.717) is 49.4 Å². The van der Waals surface area contributed by atoms with Gasteiger partial charge in [0.25, 0.3) is 5.91 Å². The fraction of sp³-hybridized carbons (Fsp3) is 0.115. The topological polar surface area (TPSA) is 86.8 Å². The van der Waals surface area contributed by atoms with Crippen LogP contribution in [0, 0.1) is 0 Å². The van der Waals surface area contributed by atoms with Gasteiger partial charge in [0.15, 0.2) is 6.61 Å². The van der Waals surface area contributed by atoms with Crippen molar-refractivity contribution in [3.63, 3.8) is 0 Å². The number of rotatable bonds is 7. The molecule has 0 atom stereocenters. The van der Waals surface area contributed by atoms with E-state index in [1.54, 1.807) is 60.7 Å². The summed E-state index contributed by atoms with van der Waals surface area (Å²) < 4.78 is 15.8. The highest BCUT2D eigenvalue weighted by atomic mass is 35.5. The maximum Gasteiger partial charge on any atom is 0.339 e. The zero-order valence-electron chi connectivity index (χ0n) is 18.8. The van der Waals surface area contributed by atoms with Crippen molar-refractivity contribution in [1.29, 1.82) is 0 Å². The molecular formula is C26H20Cl2N2O5. The average Bonchev–Trinajstić information content (AvgIpc) is 2.86. The molecule has 4 rings (SSSR count). The molecule has 0 saturated carbocycles. The van der Waals surface area contributed by atoms with Gasteiger partial charge < -0.3 is 19.5 Å². The minimum Gasteiger partial charge on any atom is -0.497 e. The number of fused-ring (bicyclic) bond motifs is 1. The van der Waals surface area contributed by atoms with E-state index in [1.165, 1.54) is 14.2 Å². The van der Waals surface area contributed by atoms with Gasteiger partial charge in [-0.15, -0.1) is 0 Å². The number of halogens is 2. The van der Waals surface area contributed by atoms with Crippen molar-refractivity contribution in [3.05, 3.63) is 82.3 Å². The Hall–Kier alpha value is -3.81. The number of methoxy groups -OCH3 is 2. The number of carbonyl (C=O) groups excluding carboxylic acids is 2. The molecule has 4 aromatic rings. The van der Waals surface area contributed by atoms with Gasteiger partial charge in [-0.3, -0.25) is 4.79 Å². The van der Waals surface area contributed by atoms with Crippen LogP contribution in [0.2, 0.25) is 10.0 Å².